The second kappa shape index (κ2) is 7.41. The molecule has 0 heterocycles. The fourth-order valence-corrected chi connectivity index (χ4v) is 1.26. The number of carbonyl (C=O) groups is 1. The maximum absolute atomic E-state index is 11.5. The van der Waals surface area contributed by atoms with Crippen LogP contribution in [-0.2, 0) is 14.4 Å². The van der Waals surface area contributed by atoms with Gasteiger partial charge >= 0.3 is 5.97 Å². The Balaban J connectivity index is 3.85. The number of allylic oxidation sites excluding steroid dienone is 1. The molecule has 0 aromatic heterocycles. The Bertz CT molecular complexity index is 238. The zero-order valence-electron chi connectivity index (χ0n) is 10.6. The van der Waals surface area contributed by atoms with Crippen molar-refractivity contribution in [2.45, 2.75) is 40.5 Å². The number of ether oxygens (including phenoxy) is 1. The van der Waals surface area contributed by atoms with Gasteiger partial charge in [0.05, 0.1) is 13.2 Å². The quantitative estimate of drug-likeness (QED) is 0.250. The van der Waals surface area contributed by atoms with E-state index in [1.54, 1.807) is 6.92 Å². The highest BCUT2D eigenvalue weighted by Gasteiger charge is 2.11. The van der Waals surface area contributed by atoms with Crippen molar-refractivity contribution < 1.29 is 19.7 Å². The molecule has 4 heteroatoms. The summed E-state index contributed by atoms with van der Waals surface area (Å²) in [5.74, 6) is -0.278. The van der Waals surface area contributed by atoms with Crippen LogP contribution in [0.25, 0.3) is 0 Å². The molecule has 0 aliphatic heterocycles. The van der Waals surface area contributed by atoms with Gasteiger partial charge in [0.1, 0.15) is 0 Å². The van der Waals surface area contributed by atoms with E-state index >= 15 is 0 Å². The number of hydrogen-bond acceptors (Lipinski definition) is 4. The van der Waals surface area contributed by atoms with Gasteiger partial charge in [-0.2, -0.15) is 0 Å². The van der Waals surface area contributed by atoms with Gasteiger partial charge in [-0.05, 0) is 25.2 Å². The maximum Gasteiger partial charge on any atom is 0.333 e. The summed E-state index contributed by atoms with van der Waals surface area (Å²) in [4.78, 5) is 15.4. The first kappa shape index (κ1) is 15.1. The van der Waals surface area contributed by atoms with Crippen molar-refractivity contribution >= 4 is 5.97 Å². The third kappa shape index (κ3) is 8.44. The van der Waals surface area contributed by atoms with Crippen molar-refractivity contribution in [1.82, 2.24) is 0 Å². The van der Waals surface area contributed by atoms with E-state index in [9.17, 15) is 4.79 Å². The number of carbonyl (C=O) groups excluding carboxylic acids is 1. The highest BCUT2D eigenvalue weighted by atomic mass is 17.1. The Morgan fingerprint density at radius 2 is 1.81 bits per heavy atom. The van der Waals surface area contributed by atoms with Gasteiger partial charge in [0.25, 0.3) is 0 Å². The molecule has 0 spiro atoms. The summed E-state index contributed by atoms with van der Waals surface area (Å²) in [6, 6.07) is 0. The monoisotopic (exact) mass is 230 g/mol. The zero-order valence-corrected chi connectivity index (χ0v) is 10.6. The average molecular weight is 230 g/mol. The molecule has 0 atom stereocenters. The van der Waals surface area contributed by atoms with Crippen LogP contribution in [0.2, 0.25) is 0 Å². The van der Waals surface area contributed by atoms with Crippen molar-refractivity contribution in [3.63, 3.8) is 0 Å². The Labute approximate surface area is 97.2 Å². The standard InChI is InChI=1S/C12H22O4/c1-10(9-12(2,3)4)11(13)15-7-5-6-8-16-14/h9,14H,5-8H2,1-4H3. The Kier molecular flexibility index (Phi) is 7.01. The molecular weight excluding hydrogens is 208 g/mol. The molecule has 0 amide bonds. The lowest BCUT2D eigenvalue weighted by Crippen LogP contribution is -2.11. The van der Waals surface area contributed by atoms with E-state index in [1.165, 1.54) is 0 Å². The molecule has 0 rings (SSSR count). The Hall–Kier alpha value is -0.870. The third-order valence-corrected chi connectivity index (χ3v) is 1.83. The number of esters is 1. The SMILES string of the molecule is CC(=CC(C)(C)C)C(=O)OCCCCOO. The molecule has 0 aliphatic carbocycles. The molecule has 0 saturated heterocycles. The second-order valence-electron chi connectivity index (χ2n) is 4.87. The molecule has 1 N–H and O–H groups in total. The molecule has 0 radical (unpaired) electrons. The first-order valence-corrected chi connectivity index (χ1v) is 5.50. The molecule has 0 bridgehead atoms. The predicted octanol–water partition coefficient (Wildman–Crippen LogP) is 2.79. The van der Waals surface area contributed by atoms with Gasteiger partial charge in [-0.15, -0.1) is 0 Å². The Morgan fingerprint density at radius 3 is 2.31 bits per heavy atom. The lowest BCUT2D eigenvalue weighted by molar-refractivity contribution is -0.243. The van der Waals surface area contributed by atoms with Crippen LogP contribution in [0, 0.1) is 5.41 Å². The fraction of sp³-hybridized carbons (Fsp3) is 0.750. The van der Waals surface area contributed by atoms with Crippen molar-refractivity contribution in [2.75, 3.05) is 13.2 Å². The van der Waals surface area contributed by atoms with Gasteiger partial charge in [0, 0.05) is 5.57 Å². The van der Waals surface area contributed by atoms with Crippen LogP contribution in [0.4, 0.5) is 0 Å². The van der Waals surface area contributed by atoms with Crippen molar-refractivity contribution in [2.24, 2.45) is 5.41 Å². The molecule has 4 nitrogen and oxygen atoms in total. The topological polar surface area (TPSA) is 55.8 Å². The number of unbranched alkanes of at least 4 members (excludes halogenated alkanes) is 1. The highest BCUT2D eigenvalue weighted by molar-refractivity contribution is 5.87. The minimum absolute atomic E-state index is 0.0200. The predicted molar refractivity (Wildman–Crippen MR) is 62.0 cm³/mol. The van der Waals surface area contributed by atoms with Gasteiger partial charge in [0.2, 0.25) is 0 Å². The lowest BCUT2D eigenvalue weighted by Gasteiger charge is -2.13. The molecule has 16 heavy (non-hydrogen) atoms. The molecule has 0 aromatic carbocycles. The molecule has 94 valence electrons. The van der Waals surface area contributed by atoms with Gasteiger partial charge in [-0.25, -0.2) is 9.68 Å². The summed E-state index contributed by atoms with van der Waals surface area (Å²) < 4.78 is 5.05. The van der Waals surface area contributed by atoms with Crippen LogP contribution in [0.5, 0.6) is 0 Å². The maximum atomic E-state index is 11.5. The smallest absolute Gasteiger partial charge is 0.333 e. The summed E-state index contributed by atoms with van der Waals surface area (Å²) in [7, 11) is 0. The minimum atomic E-state index is -0.278. The first-order valence-electron chi connectivity index (χ1n) is 5.50. The lowest BCUT2D eigenvalue weighted by atomic mass is 9.94. The molecule has 0 aromatic rings. The van der Waals surface area contributed by atoms with E-state index in [1.807, 2.05) is 26.8 Å². The average Bonchev–Trinajstić information content (AvgIpc) is 2.14. The molecule has 0 saturated carbocycles. The highest BCUT2D eigenvalue weighted by Crippen LogP contribution is 2.17. The van der Waals surface area contributed by atoms with E-state index in [0.29, 0.717) is 25.0 Å². The number of rotatable bonds is 6. The van der Waals surface area contributed by atoms with Gasteiger partial charge in [-0.1, -0.05) is 26.8 Å². The van der Waals surface area contributed by atoms with Gasteiger partial charge < -0.3 is 4.74 Å². The van der Waals surface area contributed by atoms with Gasteiger partial charge in [-0.3, -0.25) is 5.26 Å². The summed E-state index contributed by atoms with van der Waals surface area (Å²) in [5.41, 5.74) is 0.610. The van der Waals surface area contributed by atoms with E-state index in [4.69, 9.17) is 9.99 Å². The summed E-state index contributed by atoms with van der Waals surface area (Å²) in [5, 5.41) is 8.07. The summed E-state index contributed by atoms with van der Waals surface area (Å²) in [6.45, 7) is 8.48. The number of hydrogen-bond donors (Lipinski definition) is 1. The minimum Gasteiger partial charge on any atom is -0.462 e. The van der Waals surface area contributed by atoms with E-state index in [-0.39, 0.29) is 18.0 Å². The van der Waals surface area contributed by atoms with Crippen LogP contribution in [-0.4, -0.2) is 24.4 Å². The van der Waals surface area contributed by atoms with Crippen LogP contribution < -0.4 is 0 Å². The van der Waals surface area contributed by atoms with Crippen LogP contribution in [0.1, 0.15) is 40.5 Å². The summed E-state index contributed by atoms with van der Waals surface area (Å²) in [6.07, 6.45) is 3.26. The van der Waals surface area contributed by atoms with Gasteiger partial charge in [0.15, 0.2) is 0 Å². The molecule has 0 fully saturated rings. The third-order valence-electron chi connectivity index (χ3n) is 1.83. The van der Waals surface area contributed by atoms with Crippen LogP contribution in [0.15, 0.2) is 11.6 Å². The molecular formula is C12H22O4. The normalized spacial score (nSPS) is 12.7. The van der Waals surface area contributed by atoms with E-state index < -0.39 is 0 Å². The van der Waals surface area contributed by atoms with Crippen molar-refractivity contribution in [1.29, 1.82) is 0 Å². The second-order valence-corrected chi connectivity index (χ2v) is 4.87. The molecule has 0 aliphatic rings. The largest absolute Gasteiger partial charge is 0.462 e. The van der Waals surface area contributed by atoms with Crippen LogP contribution >= 0.6 is 0 Å². The van der Waals surface area contributed by atoms with E-state index in [2.05, 4.69) is 4.89 Å². The summed E-state index contributed by atoms with van der Waals surface area (Å²) >= 11 is 0. The van der Waals surface area contributed by atoms with Crippen molar-refractivity contribution in [3.05, 3.63) is 11.6 Å². The first-order chi connectivity index (χ1) is 7.37. The fourth-order valence-electron chi connectivity index (χ4n) is 1.26. The van der Waals surface area contributed by atoms with E-state index in [0.717, 1.165) is 0 Å². The van der Waals surface area contributed by atoms with Crippen molar-refractivity contribution in [3.8, 4) is 0 Å². The molecule has 0 unspecified atom stereocenters. The Morgan fingerprint density at radius 1 is 1.25 bits per heavy atom. The van der Waals surface area contributed by atoms with Crippen LogP contribution in [0.3, 0.4) is 0 Å². The zero-order chi connectivity index (χ0) is 12.6.